The molecule has 3 aromatic carbocycles. The van der Waals surface area contributed by atoms with E-state index in [1.54, 1.807) is 12.1 Å². The van der Waals surface area contributed by atoms with E-state index in [4.69, 9.17) is 13.9 Å². The fourth-order valence-electron chi connectivity index (χ4n) is 4.14. The predicted molar refractivity (Wildman–Crippen MR) is 138 cm³/mol. The molecule has 0 unspecified atom stereocenters. The van der Waals surface area contributed by atoms with Gasteiger partial charge in [0.2, 0.25) is 10.0 Å². The molecular weight excluding hydrogens is 466 g/mol. The number of anilines is 1. The van der Waals surface area contributed by atoms with E-state index in [-0.39, 0.29) is 11.1 Å². The lowest BCUT2D eigenvalue weighted by atomic mass is 10.2. The molecule has 34 heavy (non-hydrogen) atoms. The number of nitrogens with one attached hydrogen (secondary N) is 1. The van der Waals surface area contributed by atoms with E-state index in [0.29, 0.717) is 30.4 Å². The maximum atomic E-state index is 12.2. The summed E-state index contributed by atoms with van der Waals surface area (Å²) in [6.45, 7) is 7.64. The largest absolute Gasteiger partial charge is 0.533 e. The lowest BCUT2D eigenvalue weighted by Gasteiger charge is -2.43. The Kier molecular flexibility index (Phi) is 6.75. The second-order valence-electron chi connectivity index (χ2n) is 9.56. The van der Waals surface area contributed by atoms with Gasteiger partial charge in [-0.25, -0.2) is 8.42 Å². The highest BCUT2D eigenvalue weighted by atomic mass is 32.2. The fourth-order valence-corrected chi connectivity index (χ4v) is 9.13. The third-order valence-corrected chi connectivity index (χ3v) is 11.3. The van der Waals surface area contributed by atoms with Crippen LogP contribution in [0.2, 0.25) is 5.04 Å². The number of sulfonamides is 1. The predicted octanol–water partition coefficient (Wildman–Crippen LogP) is 3.77. The smallest absolute Gasteiger partial charge is 0.320 e. The molecule has 1 N–H and O–H groups in total. The van der Waals surface area contributed by atoms with Crippen LogP contribution < -0.4 is 24.3 Å². The molecule has 0 amide bonds. The summed E-state index contributed by atoms with van der Waals surface area (Å²) < 4.78 is 45.1. The van der Waals surface area contributed by atoms with Crippen LogP contribution in [-0.4, -0.2) is 42.3 Å². The number of rotatable bonds is 9. The summed E-state index contributed by atoms with van der Waals surface area (Å²) in [6.07, 6.45) is 1.23. The van der Waals surface area contributed by atoms with Crippen LogP contribution in [0.5, 0.6) is 11.5 Å². The molecule has 1 atom stereocenters. The normalized spacial score (nSPS) is 16.1. The van der Waals surface area contributed by atoms with Gasteiger partial charge in [-0.1, -0.05) is 81.4 Å². The molecule has 0 bridgehead atoms. The van der Waals surface area contributed by atoms with E-state index in [2.05, 4.69) is 49.8 Å². The van der Waals surface area contributed by atoms with Crippen LogP contribution >= 0.6 is 0 Å². The fraction of sp³-hybridized carbons (Fsp3) is 0.308. The molecule has 1 heterocycles. The van der Waals surface area contributed by atoms with Crippen LogP contribution in [-0.2, 0) is 14.8 Å². The van der Waals surface area contributed by atoms with E-state index in [0.717, 1.165) is 16.6 Å². The Morgan fingerprint density at radius 3 is 2.00 bits per heavy atom. The molecule has 180 valence electrons. The highest BCUT2D eigenvalue weighted by molar-refractivity contribution is 7.92. The standard InChI is InChI=1S/C26H31NO5SSi/c1-26(2,3)34(22-11-7-5-8-12-22,23-13-9-6-10-14-23)32-25-16-15-20(30-18-21-19-31-21)17-24(25)27-33(4,28)29/h5-17,21,27H,18-19H2,1-4H3/t21-/m1/s1. The van der Waals surface area contributed by atoms with Crippen molar-refractivity contribution in [2.45, 2.75) is 31.9 Å². The summed E-state index contributed by atoms with van der Waals surface area (Å²) in [6, 6.07) is 25.7. The number of ether oxygens (including phenoxy) is 2. The zero-order valence-corrected chi connectivity index (χ0v) is 21.8. The maximum Gasteiger partial charge on any atom is 0.320 e. The molecule has 3 aromatic rings. The van der Waals surface area contributed by atoms with Crippen molar-refractivity contribution in [3.05, 3.63) is 78.9 Å². The van der Waals surface area contributed by atoms with Crippen molar-refractivity contribution in [2.75, 3.05) is 24.2 Å². The molecule has 0 aromatic heterocycles. The van der Waals surface area contributed by atoms with Crippen molar-refractivity contribution >= 4 is 34.4 Å². The molecule has 8 heteroatoms. The Morgan fingerprint density at radius 2 is 1.53 bits per heavy atom. The van der Waals surface area contributed by atoms with Crippen molar-refractivity contribution in [1.29, 1.82) is 0 Å². The Bertz CT molecular complexity index is 1180. The van der Waals surface area contributed by atoms with Crippen LogP contribution in [0, 0.1) is 0 Å². The molecular formula is C26H31NO5SSi. The summed E-state index contributed by atoms with van der Waals surface area (Å²) >= 11 is 0. The third-order valence-electron chi connectivity index (χ3n) is 5.76. The van der Waals surface area contributed by atoms with Crippen molar-refractivity contribution in [2.24, 2.45) is 0 Å². The molecule has 0 spiro atoms. The Hall–Kier alpha value is -2.81. The van der Waals surface area contributed by atoms with Crippen molar-refractivity contribution in [3.8, 4) is 11.5 Å². The van der Waals surface area contributed by atoms with Gasteiger partial charge in [-0.05, 0) is 27.5 Å². The van der Waals surface area contributed by atoms with E-state index in [1.165, 1.54) is 0 Å². The van der Waals surface area contributed by atoms with E-state index < -0.39 is 18.3 Å². The van der Waals surface area contributed by atoms with Gasteiger partial charge in [0, 0.05) is 6.07 Å². The van der Waals surface area contributed by atoms with Gasteiger partial charge in [0.25, 0.3) is 0 Å². The quantitative estimate of drug-likeness (QED) is 0.360. The average molecular weight is 498 g/mol. The minimum atomic E-state index is -3.55. The number of hydrogen-bond acceptors (Lipinski definition) is 5. The number of benzene rings is 3. The van der Waals surface area contributed by atoms with Crippen LogP contribution in [0.4, 0.5) is 5.69 Å². The van der Waals surface area contributed by atoms with Gasteiger partial charge in [0.15, 0.2) is 0 Å². The maximum absolute atomic E-state index is 12.2. The Labute approximate surface area is 203 Å². The van der Waals surface area contributed by atoms with Crippen molar-refractivity contribution in [1.82, 2.24) is 0 Å². The number of epoxide rings is 1. The minimum Gasteiger partial charge on any atom is -0.533 e. The Morgan fingerprint density at radius 1 is 0.971 bits per heavy atom. The summed E-state index contributed by atoms with van der Waals surface area (Å²) in [5.74, 6) is 1.02. The molecule has 1 aliphatic heterocycles. The molecule has 4 rings (SSSR count). The molecule has 0 saturated carbocycles. The zero-order valence-electron chi connectivity index (χ0n) is 19.9. The Balaban J connectivity index is 1.85. The van der Waals surface area contributed by atoms with Crippen LogP contribution in [0.15, 0.2) is 78.9 Å². The van der Waals surface area contributed by atoms with Gasteiger partial charge in [0.05, 0.1) is 18.6 Å². The van der Waals surface area contributed by atoms with Gasteiger partial charge in [-0.15, -0.1) is 0 Å². The van der Waals surface area contributed by atoms with Crippen LogP contribution in [0.25, 0.3) is 0 Å². The van der Waals surface area contributed by atoms with Crippen molar-refractivity contribution < 1.29 is 22.3 Å². The molecule has 6 nitrogen and oxygen atoms in total. The summed E-state index contributed by atoms with van der Waals surface area (Å²) in [4.78, 5) is 0. The van der Waals surface area contributed by atoms with Gasteiger partial charge in [-0.2, -0.15) is 0 Å². The van der Waals surface area contributed by atoms with Gasteiger partial charge < -0.3 is 13.9 Å². The first-order valence-electron chi connectivity index (χ1n) is 11.2. The average Bonchev–Trinajstić information content (AvgIpc) is 3.61. The highest BCUT2D eigenvalue weighted by Gasteiger charge is 2.52. The van der Waals surface area contributed by atoms with Gasteiger partial charge >= 0.3 is 8.32 Å². The monoisotopic (exact) mass is 497 g/mol. The molecule has 0 radical (unpaired) electrons. The molecule has 1 fully saturated rings. The van der Waals surface area contributed by atoms with Gasteiger partial charge in [-0.3, -0.25) is 4.72 Å². The first kappa shape index (κ1) is 24.3. The summed E-state index contributed by atoms with van der Waals surface area (Å²) in [7, 11) is -6.49. The highest BCUT2D eigenvalue weighted by Crippen LogP contribution is 2.40. The third kappa shape index (κ3) is 5.46. The first-order chi connectivity index (χ1) is 16.1. The lowest BCUT2D eigenvalue weighted by Crippen LogP contribution is -2.68. The second kappa shape index (κ2) is 9.44. The molecule has 1 saturated heterocycles. The lowest BCUT2D eigenvalue weighted by molar-refractivity contribution is 0.263. The topological polar surface area (TPSA) is 77.2 Å². The summed E-state index contributed by atoms with van der Waals surface area (Å²) in [5, 5.41) is 1.94. The van der Waals surface area contributed by atoms with Crippen LogP contribution in [0.3, 0.4) is 0 Å². The van der Waals surface area contributed by atoms with Crippen LogP contribution in [0.1, 0.15) is 20.8 Å². The van der Waals surface area contributed by atoms with E-state index in [1.807, 2.05) is 42.5 Å². The van der Waals surface area contributed by atoms with Crippen molar-refractivity contribution in [3.63, 3.8) is 0 Å². The minimum absolute atomic E-state index is 0.0966. The molecule has 0 aliphatic carbocycles. The van der Waals surface area contributed by atoms with E-state index in [9.17, 15) is 8.42 Å². The SMILES string of the molecule is CC(C)(C)[Si](Oc1ccc(OC[C@@H]2CO2)cc1NS(C)(=O)=O)(c1ccccc1)c1ccccc1. The second-order valence-corrected chi connectivity index (χ2v) is 15.5. The van der Waals surface area contributed by atoms with E-state index >= 15 is 0 Å². The number of hydrogen-bond donors (Lipinski definition) is 1. The summed E-state index contributed by atoms with van der Waals surface area (Å²) in [5.41, 5.74) is 0.352. The molecule has 1 aliphatic rings. The van der Waals surface area contributed by atoms with Gasteiger partial charge in [0.1, 0.15) is 24.2 Å². The first-order valence-corrected chi connectivity index (χ1v) is 15.0. The zero-order chi connectivity index (χ0) is 24.4.